The van der Waals surface area contributed by atoms with Gasteiger partial charge in [-0.1, -0.05) is 18.2 Å². The van der Waals surface area contributed by atoms with Crippen molar-refractivity contribution in [2.45, 2.75) is 20.8 Å². The summed E-state index contributed by atoms with van der Waals surface area (Å²) in [5.74, 6) is 2.82. The maximum Gasteiger partial charge on any atom is 0.119 e. The monoisotopic (exact) mass is 412 g/mol. The Kier molecular flexibility index (Phi) is 4.66. The number of furan rings is 1. The molecule has 0 amide bonds. The first-order valence-electron chi connectivity index (χ1n) is 10.7. The van der Waals surface area contributed by atoms with E-state index in [2.05, 4.69) is 72.8 Å². The fourth-order valence-corrected chi connectivity index (χ4v) is 4.91. The Bertz CT molecular complexity index is 1310. The highest BCUT2D eigenvalue weighted by molar-refractivity contribution is 6.06. The number of hydrogen-bond donors (Lipinski definition) is 0. The Hall–Kier alpha value is -3.40. The molecule has 0 N–H and O–H groups in total. The van der Waals surface area contributed by atoms with Crippen molar-refractivity contribution >= 4 is 27.7 Å². The van der Waals surface area contributed by atoms with Gasteiger partial charge in [0.1, 0.15) is 17.3 Å². The van der Waals surface area contributed by atoms with Crippen LogP contribution in [0.3, 0.4) is 0 Å². The van der Waals surface area contributed by atoms with Crippen molar-refractivity contribution in [1.82, 2.24) is 4.57 Å². The molecule has 0 bridgehead atoms. The first kappa shape index (κ1) is 19.6. The summed E-state index contributed by atoms with van der Waals surface area (Å²) in [6, 6.07) is 19.2. The third-order valence-corrected chi connectivity index (χ3v) is 6.57. The molecular formula is C27H28N2O2. The largest absolute Gasteiger partial charge is 0.497 e. The number of fused-ring (bicyclic) bond motifs is 1. The highest BCUT2D eigenvalue weighted by atomic mass is 16.5. The Morgan fingerprint density at radius 3 is 2.29 bits per heavy atom. The molecule has 0 fully saturated rings. The van der Waals surface area contributed by atoms with E-state index in [-0.39, 0.29) is 0 Å². The molecule has 4 nitrogen and oxygen atoms in total. The van der Waals surface area contributed by atoms with Crippen LogP contribution in [-0.4, -0.2) is 24.8 Å². The molecule has 0 unspecified atom stereocenters. The first-order valence-corrected chi connectivity index (χ1v) is 10.7. The molecule has 0 saturated heterocycles. The van der Waals surface area contributed by atoms with Gasteiger partial charge in [0.25, 0.3) is 0 Å². The lowest BCUT2D eigenvalue weighted by Gasteiger charge is -2.19. The van der Waals surface area contributed by atoms with Crippen LogP contribution >= 0.6 is 0 Å². The molecule has 4 heteroatoms. The highest BCUT2D eigenvalue weighted by Gasteiger charge is 2.29. The number of aromatic nitrogens is 1. The summed E-state index contributed by atoms with van der Waals surface area (Å²) in [5.41, 5.74) is 9.06. The van der Waals surface area contributed by atoms with Crippen LogP contribution in [0.1, 0.15) is 28.3 Å². The lowest BCUT2D eigenvalue weighted by molar-refractivity contribution is 0.415. The molecule has 31 heavy (non-hydrogen) atoms. The molecule has 2 aromatic carbocycles. The van der Waals surface area contributed by atoms with E-state index in [1.54, 1.807) is 7.11 Å². The number of anilines is 1. The summed E-state index contributed by atoms with van der Waals surface area (Å²) < 4.78 is 13.6. The number of methoxy groups -OCH3 is 1. The summed E-state index contributed by atoms with van der Waals surface area (Å²) in [6.45, 7) is 8.03. The zero-order chi connectivity index (χ0) is 21.7. The predicted octanol–water partition coefficient (Wildman–Crippen LogP) is 6.14. The summed E-state index contributed by atoms with van der Waals surface area (Å²) >= 11 is 0. The fourth-order valence-electron chi connectivity index (χ4n) is 4.91. The van der Waals surface area contributed by atoms with Gasteiger partial charge in [-0.25, -0.2) is 0 Å². The molecule has 0 atom stereocenters. The van der Waals surface area contributed by atoms with Gasteiger partial charge in [-0.15, -0.1) is 0 Å². The van der Waals surface area contributed by atoms with Gasteiger partial charge in [-0.2, -0.15) is 0 Å². The maximum atomic E-state index is 5.93. The normalized spacial score (nSPS) is 14.2. The quantitative estimate of drug-likeness (QED) is 0.404. The van der Waals surface area contributed by atoms with Crippen LogP contribution in [0.25, 0.3) is 22.0 Å². The number of aryl methyl sites for hydroxylation is 3. The molecule has 158 valence electrons. The topological polar surface area (TPSA) is 30.5 Å². The lowest BCUT2D eigenvalue weighted by atomic mass is 9.95. The lowest BCUT2D eigenvalue weighted by Crippen LogP contribution is -2.20. The molecule has 0 saturated carbocycles. The van der Waals surface area contributed by atoms with E-state index < -0.39 is 0 Å². The molecule has 0 spiro atoms. The van der Waals surface area contributed by atoms with Crippen LogP contribution < -0.4 is 9.64 Å². The number of para-hydroxylation sites is 1. The Labute approximate surface area is 183 Å². The van der Waals surface area contributed by atoms with Crippen LogP contribution in [0, 0.1) is 20.8 Å². The third kappa shape index (κ3) is 3.14. The minimum Gasteiger partial charge on any atom is -0.497 e. The first-order chi connectivity index (χ1) is 15.0. The molecular weight excluding hydrogens is 384 g/mol. The van der Waals surface area contributed by atoms with Gasteiger partial charge in [0.15, 0.2) is 0 Å². The Balaban J connectivity index is 1.68. The predicted molar refractivity (Wildman–Crippen MR) is 128 cm³/mol. The van der Waals surface area contributed by atoms with Crippen molar-refractivity contribution < 1.29 is 9.15 Å². The number of benzene rings is 2. The number of nitrogens with zero attached hydrogens (tertiary/aromatic N) is 2. The minimum absolute atomic E-state index is 0.851. The summed E-state index contributed by atoms with van der Waals surface area (Å²) in [6.07, 6.45) is 0. The van der Waals surface area contributed by atoms with Crippen molar-refractivity contribution in [1.29, 1.82) is 0 Å². The summed E-state index contributed by atoms with van der Waals surface area (Å²) in [7, 11) is 3.86. The van der Waals surface area contributed by atoms with E-state index in [4.69, 9.17) is 9.15 Å². The average Bonchev–Trinajstić information content (AvgIpc) is 3.42. The van der Waals surface area contributed by atoms with Crippen molar-refractivity contribution in [3.05, 3.63) is 82.9 Å². The van der Waals surface area contributed by atoms with Crippen LogP contribution in [0.4, 0.5) is 5.69 Å². The zero-order valence-electron chi connectivity index (χ0n) is 18.8. The van der Waals surface area contributed by atoms with Gasteiger partial charge in [0.2, 0.25) is 0 Å². The van der Waals surface area contributed by atoms with Crippen molar-refractivity contribution in [2.24, 2.45) is 7.05 Å². The van der Waals surface area contributed by atoms with Crippen molar-refractivity contribution in [3.63, 3.8) is 0 Å². The second-order valence-electron chi connectivity index (χ2n) is 8.37. The van der Waals surface area contributed by atoms with Crippen LogP contribution in [0.2, 0.25) is 0 Å². The molecule has 5 rings (SSSR count). The number of hydrogen-bond acceptors (Lipinski definition) is 3. The second kappa shape index (κ2) is 7.38. The van der Waals surface area contributed by atoms with E-state index in [1.807, 2.05) is 19.1 Å². The van der Waals surface area contributed by atoms with Crippen molar-refractivity contribution in [2.75, 3.05) is 25.1 Å². The zero-order valence-corrected chi connectivity index (χ0v) is 18.8. The van der Waals surface area contributed by atoms with E-state index in [0.717, 1.165) is 30.4 Å². The van der Waals surface area contributed by atoms with E-state index in [1.165, 1.54) is 44.6 Å². The Morgan fingerprint density at radius 2 is 1.61 bits per heavy atom. The summed E-state index contributed by atoms with van der Waals surface area (Å²) in [5, 5.41) is 1.31. The van der Waals surface area contributed by atoms with Crippen molar-refractivity contribution in [3.8, 4) is 5.75 Å². The highest BCUT2D eigenvalue weighted by Crippen LogP contribution is 2.42. The molecule has 3 heterocycles. The molecule has 1 aliphatic heterocycles. The second-order valence-corrected chi connectivity index (χ2v) is 8.37. The maximum absolute atomic E-state index is 5.93. The van der Waals surface area contributed by atoms with Crippen LogP contribution in [0.15, 0.2) is 59.0 Å². The summed E-state index contributed by atoms with van der Waals surface area (Å²) in [4.78, 5) is 2.44. The van der Waals surface area contributed by atoms with E-state index >= 15 is 0 Å². The van der Waals surface area contributed by atoms with Gasteiger partial charge < -0.3 is 18.6 Å². The third-order valence-electron chi connectivity index (χ3n) is 6.57. The van der Waals surface area contributed by atoms with Gasteiger partial charge in [-0.05, 0) is 68.3 Å². The molecule has 0 radical (unpaired) electrons. The standard InChI is InChI=1S/C27H28N2O2/c1-17-14-23(19(3)31-17)24-15-29(20-10-12-21(30-5)13-11-20)16-25(24)27-18(2)28(4)26-9-7-6-8-22(26)27/h6-14H,15-16H2,1-5H3. The fraction of sp³-hybridized carbons (Fsp3) is 0.259. The average molecular weight is 413 g/mol. The molecule has 2 aromatic heterocycles. The van der Waals surface area contributed by atoms with Gasteiger partial charge >= 0.3 is 0 Å². The molecule has 0 aliphatic carbocycles. The van der Waals surface area contributed by atoms with Gasteiger partial charge in [-0.3, -0.25) is 0 Å². The molecule has 4 aromatic rings. The van der Waals surface area contributed by atoms with Gasteiger partial charge in [0.05, 0.1) is 7.11 Å². The van der Waals surface area contributed by atoms with E-state index in [0.29, 0.717) is 0 Å². The Morgan fingerprint density at radius 1 is 0.903 bits per heavy atom. The van der Waals surface area contributed by atoms with Gasteiger partial charge in [0, 0.05) is 53.5 Å². The minimum atomic E-state index is 0.851. The smallest absolute Gasteiger partial charge is 0.119 e. The SMILES string of the molecule is COc1ccc(N2CC(c3cc(C)oc3C)=C(c3c(C)n(C)c4ccccc34)C2)cc1. The van der Waals surface area contributed by atoms with Crippen LogP contribution in [0.5, 0.6) is 5.75 Å². The molecule has 1 aliphatic rings. The van der Waals surface area contributed by atoms with Crippen LogP contribution in [-0.2, 0) is 7.05 Å². The number of rotatable bonds is 4. The number of ether oxygens (including phenoxy) is 1. The van der Waals surface area contributed by atoms with E-state index in [9.17, 15) is 0 Å².